The van der Waals surface area contributed by atoms with Crippen LogP contribution in [-0.2, 0) is 6.42 Å². The molecule has 96 valence electrons. The summed E-state index contributed by atoms with van der Waals surface area (Å²) in [6.45, 7) is 12.0. The molecule has 0 aliphatic carbocycles. The van der Waals surface area contributed by atoms with Gasteiger partial charge in [0.2, 0.25) is 0 Å². The zero-order valence-electron chi connectivity index (χ0n) is 11.8. The van der Waals surface area contributed by atoms with Gasteiger partial charge in [-0.3, -0.25) is 9.97 Å². The summed E-state index contributed by atoms with van der Waals surface area (Å²) in [4.78, 5) is 9.01. The second-order valence-electron chi connectivity index (χ2n) is 5.70. The van der Waals surface area contributed by atoms with Crippen molar-refractivity contribution in [3.63, 3.8) is 0 Å². The van der Waals surface area contributed by atoms with Gasteiger partial charge in [0.1, 0.15) is 0 Å². The van der Waals surface area contributed by atoms with Crippen molar-refractivity contribution in [2.75, 3.05) is 0 Å². The number of aryl methyl sites for hydroxylation is 3. The van der Waals surface area contributed by atoms with Gasteiger partial charge < -0.3 is 5.11 Å². The summed E-state index contributed by atoms with van der Waals surface area (Å²) < 4.78 is 0. The molecule has 0 saturated carbocycles. The standard InChI is InChI=1S/C14H24N2O/c1-9(2)7-14(6,17)8-13-12(5)15-10(3)11(4)16-13/h9,17H,7-8H2,1-6H3. The van der Waals surface area contributed by atoms with Gasteiger partial charge in [0.25, 0.3) is 0 Å². The van der Waals surface area contributed by atoms with E-state index in [1.807, 2.05) is 27.7 Å². The number of hydrogen-bond donors (Lipinski definition) is 1. The normalized spacial score (nSPS) is 15.1. The Morgan fingerprint density at radius 3 is 2.12 bits per heavy atom. The van der Waals surface area contributed by atoms with Crippen LogP contribution in [0.2, 0.25) is 0 Å². The van der Waals surface area contributed by atoms with Gasteiger partial charge in [-0.25, -0.2) is 0 Å². The molecule has 1 aromatic rings. The van der Waals surface area contributed by atoms with Crippen LogP contribution in [0.15, 0.2) is 0 Å². The lowest BCUT2D eigenvalue weighted by Crippen LogP contribution is -2.30. The van der Waals surface area contributed by atoms with Crippen molar-refractivity contribution in [3.8, 4) is 0 Å². The van der Waals surface area contributed by atoms with E-state index in [2.05, 4.69) is 23.8 Å². The lowest BCUT2D eigenvalue weighted by Gasteiger charge is -2.25. The third kappa shape index (κ3) is 4.08. The van der Waals surface area contributed by atoms with Crippen LogP contribution in [-0.4, -0.2) is 20.7 Å². The highest BCUT2D eigenvalue weighted by Gasteiger charge is 2.24. The molecule has 0 aliphatic heterocycles. The zero-order chi connectivity index (χ0) is 13.2. The van der Waals surface area contributed by atoms with Gasteiger partial charge in [0.05, 0.1) is 28.4 Å². The first kappa shape index (κ1) is 14.1. The zero-order valence-corrected chi connectivity index (χ0v) is 11.8. The van der Waals surface area contributed by atoms with Crippen LogP contribution in [0.4, 0.5) is 0 Å². The lowest BCUT2D eigenvalue weighted by molar-refractivity contribution is 0.0376. The van der Waals surface area contributed by atoms with Gasteiger partial charge in [0.15, 0.2) is 0 Å². The van der Waals surface area contributed by atoms with Crippen molar-refractivity contribution >= 4 is 0 Å². The molecule has 0 radical (unpaired) electrons. The van der Waals surface area contributed by atoms with Crippen molar-refractivity contribution in [2.45, 2.75) is 60.0 Å². The predicted octanol–water partition coefficient (Wildman–Crippen LogP) is 2.74. The molecule has 0 aliphatic rings. The summed E-state index contributed by atoms with van der Waals surface area (Å²) in [5.41, 5.74) is 3.06. The third-order valence-corrected chi connectivity index (χ3v) is 2.98. The molecule has 1 heterocycles. The van der Waals surface area contributed by atoms with Gasteiger partial charge in [0, 0.05) is 6.42 Å². The molecule has 0 amide bonds. The minimum Gasteiger partial charge on any atom is -0.390 e. The SMILES string of the molecule is Cc1nc(C)c(CC(C)(O)CC(C)C)nc1C. The Hall–Kier alpha value is -0.960. The van der Waals surface area contributed by atoms with Gasteiger partial charge in [-0.2, -0.15) is 0 Å². The van der Waals surface area contributed by atoms with Crippen molar-refractivity contribution in [1.29, 1.82) is 0 Å². The van der Waals surface area contributed by atoms with Crippen molar-refractivity contribution in [1.82, 2.24) is 9.97 Å². The first-order valence-electron chi connectivity index (χ1n) is 6.24. The fourth-order valence-corrected chi connectivity index (χ4v) is 2.24. The Morgan fingerprint density at radius 2 is 1.59 bits per heavy atom. The van der Waals surface area contributed by atoms with E-state index in [4.69, 9.17) is 0 Å². The first-order chi connectivity index (χ1) is 7.71. The van der Waals surface area contributed by atoms with Crippen LogP contribution < -0.4 is 0 Å². The topological polar surface area (TPSA) is 46.0 Å². The molecule has 1 atom stereocenters. The van der Waals surface area contributed by atoms with Crippen LogP contribution in [0.1, 0.15) is 50.0 Å². The number of aliphatic hydroxyl groups is 1. The van der Waals surface area contributed by atoms with E-state index in [1.54, 1.807) is 0 Å². The molecule has 0 saturated heterocycles. The summed E-state index contributed by atoms with van der Waals surface area (Å²) in [5, 5.41) is 10.4. The monoisotopic (exact) mass is 236 g/mol. The molecule has 17 heavy (non-hydrogen) atoms. The first-order valence-corrected chi connectivity index (χ1v) is 6.24. The lowest BCUT2D eigenvalue weighted by atomic mass is 9.89. The average molecular weight is 236 g/mol. The maximum Gasteiger partial charge on any atom is 0.0678 e. The Labute approximate surface area is 104 Å². The molecule has 1 aromatic heterocycles. The van der Waals surface area contributed by atoms with Gasteiger partial charge in [-0.1, -0.05) is 13.8 Å². The molecule has 3 heteroatoms. The van der Waals surface area contributed by atoms with Crippen molar-refractivity contribution in [2.24, 2.45) is 5.92 Å². The summed E-state index contributed by atoms with van der Waals surface area (Å²) in [6, 6.07) is 0. The molecule has 3 nitrogen and oxygen atoms in total. The quantitative estimate of drug-likeness (QED) is 0.874. The Balaban J connectivity index is 2.91. The molecule has 1 N–H and O–H groups in total. The second kappa shape index (κ2) is 5.13. The van der Waals surface area contributed by atoms with E-state index in [0.29, 0.717) is 12.3 Å². The minimum absolute atomic E-state index is 0.477. The maximum atomic E-state index is 10.4. The molecule has 1 unspecified atom stereocenters. The van der Waals surface area contributed by atoms with Crippen LogP contribution in [0, 0.1) is 26.7 Å². The van der Waals surface area contributed by atoms with E-state index >= 15 is 0 Å². The Morgan fingerprint density at radius 1 is 1.06 bits per heavy atom. The summed E-state index contributed by atoms with van der Waals surface area (Å²) in [5.74, 6) is 0.477. The summed E-state index contributed by atoms with van der Waals surface area (Å²) >= 11 is 0. The summed E-state index contributed by atoms with van der Waals surface area (Å²) in [7, 11) is 0. The van der Waals surface area contributed by atoms with E-state index in [-0.39, 0.29) is 0 Å². The Kier molecular flexibility index (Phi) is 4.26. The molecular weight excluding hydrogens is 212 g/mol. The highest BCUT2D eigenvalue weighted by molar-refractivity contribution is 5.19. The number of rotatable bonds is 4. The van der Waals surface area contributed by atoms with E-state index in [9.17, 15) is 5.11 Å². The highest BCUT2D eigenvalue weighted by atomic mass is 16.3. The van der Waals surface area contributed by atoms with Gasteiger partial charge in [-0.05, 0) is 40.0 Å². The van der Waals surface area contributed by atoms with Gasteiger partial charge in [-0.15, -0.1) is 0 Å². The van der Waals surface area contributed by atoms with E-state index in [0.717, 1.165) is 29.2 Å². The van der Waals surface area contributed by atoms with Crippen molar-refractivity contribution < 1.29 is 5.11 Å². The molecule has 0 spiro atoms. The number of nitrogens with zero attached hydrogens (tertiary/aromatic N) is 2. The largest absolute Gasteiger partial charge is 0.390 e. The van der Waals surface area contributed by atoms with Gasteiger partial charge >= 0.3 is 0 Å². The molecule has 1 rings (SSSR count). The molecule has 0 aromatic carbocycles. The average Bonchev–Trinajstić information content (AvgIpc) is 2.11. The van der Waals surface area contributed by atoms with Crippen LogP contribution >= 0.6 is 0 Å². The fourth-order valence-electron chi connectivity index (χ4n) is 2.24. The van der Waals surface area contributed by atoms with E-state index < -0.39 is 5.60 Å². The van der Waals surface area contributed by atoms with Crippen LogP contribution in [0.25, 0.3) is 0 Å². The summed E-state index contributed by atoms with van der Waals surface area (Å²) in [6.07, 6.45) is 1.35. The highest BCUT2D eigenvalue weighted by Crippen LogP contribution is 2.22. The Bertz CT molecular complexity index is 397. The number of hydrogen-bond acceptors (Lipinski definition) is 3. The fraction of sp³-hybridized carbons (Fsp3) is 0.714. The maximum absolute atomic E-state index is 10.4. The smallest absolute Gasteiger partial charge is 0.0678 e. The minimum atomic E-state index is -0.699. The predicted molar refractivity (Wildman–Crippen MR) is 70.0 cm³/mol. The molecule has 0 fully saturated rings. The molecule has 0 bridgehead atoms. The molecular formula is C14H24N2O. The van der Waals surface area contributed by atoms with Crippen LogP contribution in [0.3, 0.4) is 0 Å². The van der Waals surface area contributed by atoms with Crippen LogP contribution in [0.5, 0.6) is 0 Å². The number of aromatic nitrogens is 2. The van der Waals surface area contributed by atoms with Crippen molar-refractivity contribution in [3.05, 3.63) is 22.8 Å². The third-order valence-electron chi connectivity index (χ3n) is 2.98. The second-order valence-corrected chi connectivity index (χ2v) is 5.70. The van der Waals surface area contributed by atoms with E-state index in [1.165, 1.54) is 0 Å².